The molecular weight excluding hydrogens is 219 g/mol. The van der Waals surface area contributed by atoms with Crippen LogP contribution in [0.25, 0.3) is 0 Å². The molecule has 0 spiro atoms. The molecule has 5 heteroatoms. The average Bonchev–Trinajstić information content (AvgIpc) is 2.26. The summed E-state index contributed by atoms with van der Waals surface area (Å²) in [6.07, 6.45) is 0.734. The number of hydrogen-bond acceptors (Lipinski definition) is 2. The highest BCUT2D eigenvalue weighted by Crippen LogP contribution is 2.29. The van der Waals surface area contributed by atoms with Gasteiger partial charge in [0.25, 0.3) is 0 Å². The number of aliphatic hydroxyl groups is 1. The van der Waals surface area contributed by atoms with Crippen molar-refractivity contribution in [2.75, 3.05) is 6.54 Å². The minimum absolute atomic E-state index is 0.186. The summed E-state index contributed by atoms with van der Waals surface area (Å²) in [7, 11) is 0. The van der Waals surface area contributed by atoms with Crippen molar-refractivity contribution in [3.05, 3.63) is 35.1 Å². The Labute approximate surface area is 91.9 Å². The van der Waals surface area contributed by atoms with Crippen LogP contribution in [0.15, 0.2) is 12.1 Å². The van der Waals surface area contributed by atoms with Crippen molar-refractivity contribution in [1.82, 2.24) is 0 Å². The van der Waals surface area contributed by atoms with Crippen LogP contribution in [0.4, 0.5) is 13.2 Å². The molecule has 0 aliphatic carbocycles. The van der Waals surface area contributed by atoms with E-state index in [0.717, 1.165) is 12.1 Å². The summed E-state index contributed by atoms with van der Waals surface area (Å²) >= 11 is 0. The lowest BCUT2D eigenvalue weighted by Gasteiger charge is -2.27. The van der Waals surface area contributed by atoms with Crippen LogP contribution < -0.4 is 5.73 Å². The zero-order valence-electron chi connectivity index (χ0n) is 8.93. The van der Waals surface area contributed by atoms with Crippen molar-refractivity contribution in [2.45, 2.75) is 25.4 Å². The van der Waals surface area contributed by atoms with Gasteiger partial charge in [-0.15, -0.1) is 0 Å². The van der Waals surface area contributed by atoms with Gasteiger partial charge >= 0.3 is 0 Å². The molecule has 0 radical (unpaired) electrons. The minimum Gasteiger partial charge on any atom is -0.384 e. The highest BCUT2D eigenvalue weighted by molar-refractivity contribution is 5.26. The Morgan fingerprint density at radius 3 is 2.38 bits per heavy atom. The van der Waals surface area contributed by atoms with Crippen LogP contribution in [-0.2, 0) is 5.60 Å². The van der Waals surface area contributed by atoms with Gasteiger partial charge in [-0.3, -0.25) is 0 Å². The monoisotopic (exact) mass is 233 g/mol. The topological polar surface area (TPSA) is 46.2 Å². The third-order valence-corrected chi connectivity index (χ3v) is 2.54. The van der Waals surface area contributed by atoms with E-state index in [1.165, 1.54) is 0 Å². The van der Waals surface area contributed by atoms with Gasteiger partial charge in [0.2, 0.25) is 0 Å². The number of hydrogen-bond donors (Lipinski definition) is 2. The summed E-state index contributed by atoms with van der Waals surface area (Å²) in [5.74, 6) is -4.24. The van der Waals surface area contributed by atoms with Crippen LogP contribution in [-0.4, -0.2) is 11.7 Å². The van der Waals surface area contributed by atoms with Gasteiger partial charge in [0, 0.05) is 12.1 Å². The van der Waals surface area contributed by atoms with Crippen molar-refractivity contribution in [3.8, 4) is 0 Å². The fourth-order valence-electron chi connectivity index (χ4n) is 1.65. The molecule has 0 heterocycles. The van der Waals surface area contributed by atoms with Gasteiger partial charge in [0.1, 0.15) is 5.60 Å². The van der Waals surface area contributed by atoms with E-state index in [4.69, 9.17) is 5.73 Å². The second-order valence-corrected chi connectivity index (χ2v) is 3.71. The Morgan fingerprint density at radius 1 is 1.25 bits per heavy atom. The molecule has 0 bridgehead atoms. The number of nitrogens with two attached hydrogens (primary N) is 1. The molecule has 0 saturated carbocycles. The van der Waals surface area contributed by atoms with Crippen LogP contribution in [0.3, 0.4) is 0 Å². The van der Waals surface area contributed by atoms with Crippen molar-refractivity contribution in [3.63, 3.8) is 0 Å². The minimum atomic E-state index is -1.65. The van der Waals surface area contributed by atoms with Gasteiger partial charge < -0.3 is 10.8 Å². The van der Waals surface area contributed by atoms with E-state index >= 15 is 0 Å². The molecule has 3 N–H and O–H groups in total. The predicted molar refractivity (Wildman–Crippen MR) is 54.2 cm³/mol. The highest BCUT2D eigenvalue weighted by atomic mass is 19.2. The summed E-state index contributed by atoms with van der Waals surface area (Å²) in [5, 5.41) is 10.0. The summed E-state index contributed by atoms with van der Waals surface area (Å²) in [5.41, 5.74) is 3.41. The summed E-state index contributed by atoms with van der Waals surface area (Å²) in [6.45, 7) is 1.53. The second kappa shape index (κ2) is 4.84. The van der Waals surface area contributed by atoms with Crippen LogP contribution in [0.5, 0.6) is 0 Å². The molecule has 1 aromatic rings. The van der Waals surface area contributed by atoms with Gasteiger partial charge in [0.15, 0.2) is 17.5 Å². The number of rotatable bonds is 4. The molecule has 0 saturated heterocycles. The molecule has 1 unspecified atom stereocenters. The molecule has 0 aliphatic heterocycles. The second-order valence-electron chi connectivity index (χ2n) is 3.71. The molecule has 90 valence electrons. The fraction of sp³-hybridized carbons (Fsp3) is 0.455. The maximum absolute atomic E-state index is 13.4. The van der Waals surface area contributed by atoms with Crippen molar-refractivity contribution in [1.29, 1.82) is 0 Å². The molecule has 0 amide bonds. The standard InChI is InChI=1S/C11H14F3NO/c1-2-5-11(16,6-15)7-3-4-8(12)10(14)9(7)13/h3-4,16H,2,5-6,15H2,1H3. The summed E-state index contributed by atoms with van der Waals surface area (Å²) in [6, 6.07) is 1.81. The molecular formula is C11H14F3NO. The smallest absolute Gasteiger partial charge is 0.194 e. The molecule has 1 aromatic carbocycles. The maximum Gasteiger partial charge on any atom is 0.194 e. The Balaban J connectivity index is 3.26. The van der Waals surface area contributed by atoms with Gasteiger partial charge in [0.05, 0.1) is 0 Å². The highest BCUT2D eigenvalue weighted by Gasteiger charge is 2.31. The van der Waals surface area contributed by atoms with E-state index in [2.05, 4.69) is 0 Å². The van der Waals surface area contributed by atoms with E-state index in [1.807, 2.05) is 0 Å². The third-order valence-electron chi connectivity index (χ3n) is 2.54. The van der Waals surface area contributed by atoms with Gasteiger partial charge in [-0.05, 0) is 12.5 Å². The maximum atomic E-state index is 13.4. The Kier molecular flexibility index (Phi) is 3.93. The molecule has 0 aliphatic rings. The van der Waals surface area contributed by atoms with E-state index in [9.17, 15) is 18.3 Å². The summed E-state index contributed by atoms with van der Waals surface area (Å²) < 4.78 is 39.1. The van der Waals surface area contributed by atoms with Gasteiger partial charge in [-0.2, -0.15) is 0 Å². The zero-order valence-corrected chi connectivity index (χ0v) is 8.93. The first-order chi connectivity index (χ1) is 7.46. The van der Waals surface area contributed by atoms with Gasteiger partial charge in [-0.1, -0.05) is 19.4 Å². The van der Waals surface area contributed by atoms with Gasteiger partial charge in [-0.25, -0.2) is 13.2 Å². The molecule has 16 heavy (non-hydrogen) atoms. The Hall–Kier alpha value is -1.07. The normalized spacial score (nSPS) is 14.9. The van der Waals surface area contributed by atoms with E-state index < -0.39 is 23.1 Å². The summed E-state index contributed by atoms with van der Waals surface area (Å²) in [4.78, 5) is 0. The predicted octanol–water partition coefficient (Wildman–Crippen LogP) is 2.05. The quantitative estimate of drug-likeness (QED) is 0.782. The van der Waals surface area contributed by atoms with Crippen LogP contribution in [0, 0.1) is 17.5 Å². The van der Waals surface area contributed by atoms with Crippen LogP contribution in [0.2, 0.25) is 0 Å². The molecule has 1 rings (SSSR count). The SMILES string of the molecule is CCCC(O)(CN)c1ccc(F)c(F)c1F. The number of benzene rings is 1. The first-order valence-electron chi connectivity index (χ1n) is 5.02. The zero-order chi connectivity index (χ0) is 12.3. The largest absolute Gasteiger partial charge is 0.384 e. The third kappa shape index (κ3) is 2.20. The molecule has 0 fully saturated rings. The lowest BCUT2D eigenvalue weighted by Crippen LogP contribution is -2.36. The first-order valence-corrected chi connectivity index (χ1v) is 5.02. The molecule has 0 aromatic heterocycles. The van der Waals surface area contributed by atoms with E-state index in [0.29, 0.717) is 6.42 Å². The fourth-order valence-corrected chi connectivity index (χ4v) is 1.65. The van der Waals surface area contributed by atoms with E-state index in [-0.39, 0.29) is 18.5 Å². The van der Waals surface area contributed by atoms with E-state index in [1.54, 1.807) is 6.92 Å². The van der Waals surface area contributed by atoms with Crippen LogP contribution >= 0.6 is 0 Å². The lowest BCUT2D eigenvalue weighted by atomic mass is 9.89. The average molecular weight is 233 g/mol. The number of halogens is 3. The molecule has 1 atom stereocenters. The van der Waals surface area contributed by atoms with Crippen molar-refractivity contribution >= 4 is 0 Å². The lowest BCUT2D eigenvalue weighted by molar-refractivity contribution is 0.0315. The first kappa shape index (κ1) is 13.0. The van der Waals surface area contributed by atoms with Crippen molar-refractivity contribution in [2.24, 2.45) is 5.73 Å². The Morgan fingerprint density at radius 2 is 1.88 bits per heavy atom. The van der Waals surface area contributed by atoms with Crippen LogP contribution in [0.1, 0.15) is 25.3 Å². The molecule has 2 nitrogen and oxygen atoms in total. The van der Waals surface area contributed by atoms with Crippen molar-refractivity contribution < 1.29 is 18.3 Å². The Bertz CT molecular complexity index is 384.